The Morgan fingerprint density at radius 2 is 0.745 bits per heavy atom. The van der Waals surface area contributed by atoms with Gasteiger partial charge >= 0.3 is 0 Å². The Bertz CT molecular complexity index is 1670. The van der Waals surface area contributed by atoms with Crippen molar-refractivity contribution >= 4 is 0 Å². The van der Waals surface area contributed by atoms with E-state index in [0.717, 1.165) is 0 Å². The number of rotatable bonds is 6. The van der Waals surface area contributed by atoms with Crippen molar-refractivity contribution in [1.29, 1.82) is 0 Å². The maximum atomic E-state index is 2.59. The largest absolute Gasteiger partial charge is 0.0714 e. The normalized spacial score (nSPS) is 14.9. The third-order valence-electron chi connectivity index (χ3n) is 12.3. The van der Waals surface area contributed by atoms with E-state index in [1.807, 2.05) is 0 Å². The highest BCUT2D eigenvalue weighted by molar-refractivity contribution is 5.87. The van der Waals surface area contributed by atoms with Gasteiger partial charge in [0.1, 0.15) is 0 Å². The SMILES string of the molecule is Cc1ccc2c(c1)C(c1cc(C(C)(C)C)cc(C(C)(C)C(C)C)c1)(c1cc(C(C)(C)C)cc(C(C)(C)C(C)C)c1)c1cc(C)ccc1-2. The van der Waals surface area contributed by atoms with Crippen molar-refractivity contribution in [2.45, 2.75) is 138 Å². The lowest BCUT2D eigenvalue weighted by atomic mass is 9.62. The summed E-state index contributed by atoms with van der Waals surface area (Å²) >= 11 is 0. The summed E-state index contributed by atoms with van der Waals surface area (Å²) in [5.74, 6) is 0.994. The molecule has 5 rings (SSSR count). The van der Waals surface area contributed by atoms with E-state index in [1.165, 1.54) is 66.8 Å². The molecule has 0 radical (unpaired) electrons. The molecule has 1 aliphatic carbocycles. The predicted octanol–water partition coefficient (Wildman–Crippen LogP) is 13.1. The number of hydrogen-bond acceptors (Lipinski definition) is 0. The molecule has 250 valence electrons. The molecule has 4 aromatic rings. The third-order valence-corrected chi connectivity index (χ3v) is 12.3. The molecule has 0 bridgehead atoms. The van der Waals surface area contributed by atoms with Gasteiger partial charge in [-0.25, -0.2) is 0 Å². The van der Waals surface area contributed by atoms with Crippen LogP contribution in [0.5, 0.6) is 0 Å². The van der Waals surface area contributed by atoms with Crippen LogP contribution in [0.2, 0.25) is 0 Å². The lowest BCUT2D eigenvalue weighted by Gasteiger charge is -2.40. The fourth-order valence-corrected chi connectivity index (χ4v) is 7.31. The molecule has 4 aromatic carbocycles. The first-order valence-electron chi connectivity index (χ1n) is 18.1. The van der Waals surface area contributed by atoms with Gasteiger partial charge in [-0.15, -0.1) is 0 Å². The van der Waals surface area contributed by atoms with Gasteiger partial charge in [0.05, 0.1) is 5.41 Å². The smallest absolute Gasteiger partial charge is 0.0619 e. The van der Waals surface area contributed by atoms with Crippen LogP contribution in [0.1, 0.15) is 153 Å². The molecule has 0 aromatic heterocycles. The van der Waals surface area contributed by atoms with Crippen LogP contribution in [0, 0.1) is 25.7 Å². The van der Waals surface area contributed by atoms with E-state index in [0.29, 0.717) is 11.8 Å². The first-order valence-corrected chi connectivity index (χ1v) is 18.1. The number of aryl methyl sites for hydroxylation is 2. The Kier molecular flexibility index (Phi) is 8.61. The summed E-state index contributed by atoms with van der Waals surface area (Å²) in [6.45, 7) is 38.0. The van der Waals surface area contributed by atoms with Crippen LogP contribution < -0.4 is 0 Å². The lowest BCUT2D eigenvalue weighted by Crippen LogP contribution is -2.33. The third kappa shape index (κ3) is 5.83. The Morgan fingerprint density at radius 3 is 1.04 bits per heavy atom. The van der Waals surface area contributed by atoms with Crippen molar-refractivity contribution < 1.29 is 0 Å². The Balaban J connectivity index is 2.09. The molecule has 0 saturated heterocycles. The van der Waals surface area contributed by atoms with Gasteiger partial charge in [0.25, 0.3) is 0 Å². The van der Waals surface area contributed by atoms with E-state index >= 15 is 0 Å². The van der Waals surface area contributed by atoms with Crippen LogP contribution in [0.15, 0.2) is 72.8 Å². The molecular formula is C47H62. The van der Waals surface area contributed by atoms with Crippen molar-refractivity contribution in [3.05, 3.63) is 128 Å². The summed E-state index contributed by atoms with van der Waals surface area (Å²) in [5.41, 5.74) is 16.2. The minimum absolute atomic E-state index is 0.000531. The zero-order valence-corrected chi connectivity index (χ0v) is 32.6. The van der Waals surface area contributed by atoms with Gasteiger partial charge in [0.2, 0.25) is 0 Å². The average molecular weight is 627 g/mol. The fourth-order valence-electron chi connectivity index (χ4n) is 7.31. The van der Waals surface area contributed by atoms with Crippen molar-refractivity contribution in [1.82, 2.24) is 0 Å². The molecular weight excluding hydrogens is 565 g/mol. The van der Waals surface area contributed by atoms with E-state index in [2.05, 4.69) is 184 Å². The maximum absolute atomic E-state index is 2.59. The minimum atomic E-state index is -0.463. The second-order valence-electron chi connectivity index (χ2n) is 18.7. The van der Waals surface area contributed by atoms with Crippen LogP contribution in [0.3, 0.4) is 0 Å². The molecule has 0 atom stereocenters. The van der Waals surface area contributed by atoms with Crippen LogP contribution >= 0.6 is 0 Å². The van der Waals surface area contributed by atoms with Gasteiger partial charge in [-0.2, -0.15) is 0 Å². The molecule has 1 aliphatic rings. The maximum Gasteiger partial charge on any atom is 0.0714 e. The molecule has 0 nitrogen and oxygen atoms in total. The van der Waals surface area contributed by atoms with Crippen LogP contribution in [0.4, 0.5) is 0 Å². The molecule has 0 heteroatoms. The molecule has 0 unspecified atom stereocenters. The summed E-state index contributed by atoms with van der Waals surface area (Å²) < 4.78 is 0. The van der Waals surface area contributed by atoms with Gasteiger partial charge in [-0.05, 0) is 103 Å². The zero-order valence-electron chi connectivity index (χ0n) is 32.6. The van der Waals surface area contributed by atoms with Crippen LogP contribution in [0.25, 0.3) is 11.1 Å². The summed E-state index contributed by atoms with van der Waals surface area (Å²) in [5, 5.41) is 0. The number of hydrogen-bond donors (Lipinski definition) is 0. The molecule has 0 aliphatic heterocycles. The molecule has 0 heterocycles. The topological polar surface area (TPSA) is 0 Å². The van der Waals surface area contributed by atoms with Gasteiger partial charge < -0.3 is 0 Å². The Labute approximate surface area is 288 Å². The summed E-state index contributed by atoms with van der Waals surface area (Å²) in [4.78, 5) is 0. The highest BCUT2D eigenvalue weighted by atomic mass is 14.5. The van der Waals surface area contributed by atoms with Gasteiger partial charge in [-0.1, -0.05) is 181 Å². The molecule has 0 amide bonds. The summed E-state index contributed by atoms with van der Waals surface area (Å²) in [7, 11) is 0. The van der Waals surface area contributed by atoms with E-state index in [-0.39, 0.29) is 21.7 Å². The van der Waals surface area contributed by atoms with Crippen LogP contribution in [-0.2, 0) is 27.1 Å². The van der Waals surface area contributed by atoms with E-state index < -0.39 is 5.41 Å². The van der Waals surface area contributed by atoms with E-state index in [1.54, 1.807) is 0 Å². The second-order valence-corrected chi connectivity index (χ2v) is 18.7. The molecule has 0 fully saturated rings. The second kappa shape index (κ2) is 11.5. The summed E-state index contributed by atoms with van der Waals surface area (Å²) in [6.07, 6.45) is 0. The van der Waals surface area contributed by atoms with Gasteiger partial charge in [0.15, 0.2) is 0 Å². The minimum Gasteiger partial charge on any atom is -0.0619 e. The van der Waals surface area contributed by atoms with Gasteiger partial charge in [-0.3, -0.25) is 0 Å². The molecule has 0 N–H and O–H groups in total. The van der Waals surface area contributed by atoms with Crippen molar-refractivity contribution in [2.75, 3.05) is 0 Å². The monoisotopic (exact) mass is 626 g/mol. The zero-order chi connectivity index (χ0) is 35.1. The molecule has 47 heavy (non-hydrogen) atoms. The van der Waals surface area contributed by atoms with Crippen molar-refractivity contribution in [3.63, 3.8) is 0 Å². The Hall–Kier alpha value is -3.12. The number of fused-ring (bicyclic) bond motifs is 3. The van der Waals surface area contributed by atoms with Crippen molar-refractivity contribution in [3.8, 4) is 11.1 Å². The highest BCUT2D eigenvalue weighted by Crippen LogP contribution is 2.58. The lowest BCUT2D eigenvalue weighted by molar-refractivity contribution is 0.370. The Morgan fingerprint density at radius 1 is 0.426 bits per heavy atom. The quantitative estimate of drug-likeness (QED) is 0.176. The highest BCUT2D eigenvalue weighted by Gasteiger charge is 2.48. The standard InChI is InChI=1S/C47H62/c1-29(2)45(13,14)35-23-33(43(7,8)9)25-37(27-35)47(38-26-34(44(10,11)12)24-36(28-38)46(15,16)30(3)4)41-21-31(5)17-19-39(41)40-20-18-32(6)22-42(40)47/h17-30H,1-16H3. The molecule has 0 spiro atoms. The van der Waals surface area contributed by atoms with E-state index in [4.69, 9.17) is 0 Å². The predicted molar refractivity (Wildman–Crippen MR) is 206 cm³/mol. The van der Waals surface area contributed by atoms with Crippen LogP contribution in [-0.4, -0.2) is 0 Å². The first kappa shape index (κ1) is 35.2. The summed E-state index contributed by atoms with van der Waals surface area (Å²) in [6, 6.07) is 29.7. The average Bonchev–Trinajstić information content (AvgIpc) is 3.24. The van der Waals surface area contributed by atoms with E-state index in [9.17, 15) is 0 Å². The molecule has 0 saturated carbocycles. The van der Waals surface area contributed by atoms with Gasteiger partial charge in [0, 0.05) is 0 Å². The van der Waals surface area contributed by atoms with Crippen molar-refractivity contribution in [2.24, 2.45) is 11.8 Å². The number of benzene rings is 4. The first-order chi connectivity index (χ1) is 21.5. The fraction of sp³-hybridized carbons (Fsp3) is 0.489.